The smallest absolute Gasteiger partial charge is 0.224 e. The summed E-state index contributed by atoms with van der Waals surface area (Å²) in [4.78, 5) is 17.0. The fourth-order valence-electron chi connectivity index (χ4n) is 3.08. The molecule has 1 aliphatic rings. The van der Waals surface area contributed by atoms with Crippen molar-refractivity contribution in [1.29, 1.82) is 0 Å². The van der Waals surface area contributed by atoms with Gasteiger partial charge in [0, 0.05) is 41.6 Å². The van der Waals surface area contributed by atoms with Gasteiger partial charge in [0.15, 0.2) is 5.65 Å². The van der Waals surface area contributed by atoms with Gasteiger partial charge in [0.25, 0.3) is 0 Å². The first kappa shape index (κ1) is 13.5. The predicted octanol–water partition coefficient (Wildman–Crippen LogP) is 2.98. The third-order valence-electron chi connectivity index (χ3n) is 4.46. The molecule has 1 saturated carbocycles. The number of aromatic amines is 1. The summed E-state index contributed by atoms with van der Waals surface area (Å²) in [5.41, 5.74) is 4.94. The number of nitrogens with one attached hydrogen (secondary N) is 2. The molecule has 0 aromatic carbocycles. The summed E-state index contributed by atoms with van der Waals surface area (Å²) in [6, 6.07) is 1.98. The molecular formula is C17H17N7. The largest absolute Gasteiger partial charge is 0.354 e. The van der Waals surface area contributed by atoms with E-state index in [1.807, 2.05) is 42.3 Å². The van der Waals surface area contributed by atoms with Crippen LogP contribution >= 0.6 is 0 Å². The van der Waals surface area contributed by atoms with Gasteiger partial charge >= 0.3 is 0 Å². The Balaban J connectivity index is 1.63. The van der Waals surface area contributed by atoms with Gasteiger partial charge in [-0.1, -0.05) is 0 Å². The quantitative estimate of drug-likeness (QED) is 0.604. The van der Waals surface area contributed by atoms with E-state index in [1.54, 1.807) is 0 Å². The van der Waals surface area contributed by atoms with Gasteiger partial charge in [-0.3, -0.25) is 0 Å². The van der Waals surface area contributed by atoms with Crippen molar-refractivity contribution >= 4 is 22.6 Å². The second kappa shape index (κ2) is 5.02. The molecule has 4 aromatic heterocycles. The number of rotatable bonds is 4. The van der Waals surface area contributed by atoms with Crippen LogP contribution in [-0.2, 0) is 0 Å². The van der Waals surface area contributed by atoms with E-state index in [1.165, 1.54) is 18.4 Å². The Morgan fingerprint density at radius 3 is 3.04 bits per heavy atom. The molecule has 4 heterocycles. The molecular weight excluding hydrogens is 302 g/mol. The van der Waals surface area contributed by atoms with E-state index in [0.29, 0.717) is 11.9 Å². The number of aromatic nitrogens is 6. The van der Waals surface area contributed by atoms with Crippen LogP contribution in [0.3, 0.4) is 0 Å². The van der Waals surface area contributed by atoms with Gasteiger partial charge in [-0.25, -0.2) is 14.5 Å². The molecule has 0 aliphatic heterocycles. The van der Waals surface area contributed by atoms with Crippen molar-refractivity contribution in [3.05, 3.63) is 36.4 Å². The molecule has 7 heteroatoms. The van der Waals surface area contributed by atoms with E-state index in [2.05, 4.69) is 25.4 Å². The van der Waals surface area contributed by atoms with Crippen LogP contribution < -0.4 is 5.32 Å². The van der Waals surface area contributed by atoms with Crippen molar-refractivity contribution in [3.8, 4) is 11.3 Å². The third kappa shape index (κ3) is 2.05. The molecule has 7 nitrogen and oxygen atoms in total. The topological polar surface area (TPSA) is 83.8 Å². The number of hydrogen-bond donors (Lipinski definition) is 2. The normalized spacial score (nSPS) is 14.5. The Labute approximate surface area is 138 Å². The van der Waals surface area contributed by atoms with Crippen LogP contribution in [0.1, 0.15) is 31.2 Å². The molecule has 120 valence electrons. The molecule has 0 radical (unpaired) electrons. The summed E-state index contributed by atoms with van der Waals surface area (Å²) in [7, 11) is 0. The summed E-state index contributed by atoms with van der Waals surface area (Å²) in [5, 5.41) is 8.51. The Kier molecular flexibility index (Phi) is 2.82. The van der Waals surface area contributed by atoms with Crippen molar-refractivity contribution in [1.82, 2.24) is 29.5 Å². The second-order valence-electron chi connectivity index (χ2n) is 6.14. The molecule has 0 amide bonds. The summed E-state index contributed by atoms with van der Waals surface area (Å²) in [5.74, 6) is 1.26. The van der Waals surface area contributed by atoms with Crippen molar-refractivity contribution in [2.45, 2.75) is 25.7 Å². The number of anilines is 1. The number of hydrogen-bond acceptors (Lipinski definition) is 5. The molecule has 2 N–H and O–H groups in total. The molecule has 1 aliphatic carbocycles. The zero-order valence-corrected chi connectivity index (χ0v) is 13.3. The highest BCUT2D eigenvalue weighted by atomic mass is 15.2. The lowest BCUT2D eigenvalue weighted by Crippen LogP contribution is -2.01. The van der Waals surface area contributed by atoms with Crippen LogP contribution in [0.15, 0.2) is 30.9 Å². The molecule has 0 saturated heterocycles. The Morgan fingerprint density at radius 1 is 1.29 bits per heavy atom. The Bertz CT molecular complexity index is 1040. The number of fused-ring (bicyclic) bond motifs is 2. The van der Waals surface area contributed by atoms with Crippen LogP contribution in [0.4, 0.5) is 5.95 Å². The van der Waals surface area contributed by atoms with E-state index in [-0.39, 0.29) is 0 Å². The fourth-order valence-corrected chi connectivity index (χ4v) is 3.08. The standard InChI is InChI=1S/C17H17N7/c1-2-18-17-20-8-13-12(7-19-15(13)23-17)14-5-6-24-16(22-14)11(9-21-24)10-3-4-10/h5-10H,2-4H2,1H3,(H2,18,19,20,23). The fraction of sp³-hybridized carbons (Fsp3) is 0.294. The maximum atomic E-state index is 4.86. The average molecular weight is 319 g/mol. The van der Waals surface area contributed by atoms with E-state index in [9.17, 15) is 0 Å². The summed E-state index contributed by atoms with van der Waals surface area (Å²) in [6.45, 7) is 2.82. The highest BCUT2D eigenvalue weighted by Crippen LogP contribution is 2.41. The first-order valence-electron chi connectivity index (χ1n) is 8.26. The Hall–Kier alpha value is -2.96. The highest BCUT2D eigenvalue weighted by molar-refractivity contribution is 5.92. The monoisotopic (exact) mass is 319 g/mol. The zero-order valence-electron chi connectivity index (χ0n) is 13.3. The van der Waals surface area contributed by atoms with Crippen molar-refractivity contribution in [2.75, 3.05) is 11.9 Å². The van der Waals surface area contributed by atoms with E-state index >= 15 is 0 Å². The van der Waals surface area contributed by atoms with Crippen LogP contribution in [0.25, 0.3) is 27.9 Å². The van der Waals surface area contributed by atoms with Gasteiger partial charge in [0.05, 0.1) is 11.9 Å². The highest BCUT2D eigenvalue weighted by Gasteiger charge is 2.27. The third-order valence-corrected chi connectivity index (χ3v) is 4.46. The summed E-state index contributed by atoms with van der Waals surface area (Å²) < 4.78 is 1.85. The maximum absolute atomic E-state index is 4.86. The van der Waals surface area contributed by atoms with Gasteiger partial charge < -0.3 is 10.3 Å². The predicted molar refractivity (Wildman–Crippen MR) is 92.0 cm³/mol. The van der Waals surface area contributed by atoms with Gasteiger partial charge in [0.1, 0.15) is 5.65 Å². The molecule has 0 spiro atoms. The minimum Gasteiger partial charge on any atom is -0.354 e. The van der Waals surface area contributed by atoms with Gasteiger partial charge in [-0.05, 0) is 31.7 Å². The molecule has 4 aromatic rings. The molecule has 1 fully saturated rings. The SMILES string of the molecule is CCNc1ncc2c(-c3ccn4ncc(C5CC5)c4n3)c[nH]c2n1. The number of H-pyrrole nitrogens is 1. The van der Waals surface area contributed by atoms with Crippen molar-refractivity contribution in [3.63, 3.8) is 0 Å². The first-order chi connectivity index (χ1) is 11.8. The van der Waals surface area contributed by atoms with Crippen molar-refractivity contribution in [2.24, 2.45) is 0 Å². The molecule has 0 unspecified atom stereocenters. The number of nitrogens with zero attached hydrogens (tertiary/aromatic N) is 5. The molecule has 5 rings (SSSR count). The first-order valence-corrected chi connectivity index (χ1v) is 8.26. The van der Waals surface area contributed by atoms with Crippen LogP contribution in [-0.4, -0.2) is 36.1 Å². The van der Waals surface area contributed by atoms with E-state index < -0.39 is 0 Å². The zero-order chi connectivity index (χ0) is 16.1. The van der Waals surface area contributed by atoms with Gasteiger partial charge in [0.2, 0.25) is 5.95 Å². The summed E-state index contributed by atoms with van der Waals surface area (Å²) >= 11 is 0. The second-order valence-corrected chi connectivity index (χ2v) is 6.14. The van der Waals surface area contributed by atoms with Crippen LogP contribution in [0.5, 0.6) is 0 Å². The Morgan fingerprint density at radius 2 is 2.21 bits per heavy atom. The van der Waals surface area contributed by atoms with E-state index in [4.69, 9.17) is 4.98 Å². The van der Waals surface area contributed by atoms with Crippen LogP contribution in [0.2, 0.25) is 0 Å². The molecule has 0 bridgehead atoms. The maximum Gasteiger partial charge on any atom is 0.224 e. The lowest BCUT2D eigenvalue weighted by molar-refractivity contribution is 0.941. The van der Waals surface area contributed by atoms with Gasteiger partial charge in [-0.2, -0.15) is 10.1 Å². The molecule has 24 heavy (non-hydrogen) atoms. The van der Waals surface area contributed by atoms with Crippen molar-refractivity contribution < 1.29 is 0 Å². The minimum absolute atomic E-state index is 0.624. The lowest BCUT2D eigenvalue weighted by atomic mass is 10.1. The lowest BCUT2D eigenvalue weighted by Gasteiger charge is -2.03. The minimum atomic E-state index is 0.624. The van der Waals surface area contributed by atoms with E-state index in [0.717, 1.165) is 34.5 Å². The van der Waals surface area contributed by atoms with Gasteiger partial charge in [-0.15, -0.1) is 0 Å². The summed E-state index contributed by atoms with van der Waals surface area (Å²) in [6.07, 6.45) is 10.2. The molecule has 0 atom stereocenters. The average Bonchev–Trinajstić information content (AvgIpc) is 3.22. The van der Waals surface area contributed by atoms with Crippen LogP contribution in [0, 0.1) is 0 Å².